The first-order chi connectivity index (χ1) is 15.4. The van der Waals surface area contributed by atoms with Crippen LogP contribution in [0.2, 0.25) is 0 Å². The van der Waals surface area contributed by atoms with Crippen molar-refractivity contribution in [1.29, 1.82) is 0 Å². The molecule has 2 aromatic carbocycles. The molecular formula is C26H23NO5. The van der Waals surface area contributed by atoms with Gasteiger partial charge in [0.15, 0.2) is 0 Å². The summed E-state index contributed by atoms with van der Waals surface area (Å²) < 4.78 is 11.6. The number of carbonyl (C=O) groups is 2. The zero-order valence-electron chi connectivity index (χ0n) is 17.9. The van der Waals surface area contributed by atoms with Crippen molar-refractivity contribution in [3.63, 3.8) is 0 Å². The third-order valence-corrected chi connectivity index (χ3v) is 5.94. The highest BCUT2D eigenvalue weighted by Gasteiger charge is 2.47. The van der Waals surface area contributed by atoms with Crippen LogP contribution >= 0.6 is 0 Å². The molecule has 0 unspecified atom stereocenters. The Morgan fingerprint density at radius 1 is 1.09 bits per heavy atom. The van der Waals surface area contributed by atoms with E-state index in [9.17, 15) is 14.7 Å². The summed E-state index contributed by atoms with van der Waals surface area (Å²) in [5.74, 6) is 0.290. The number of rotatable bonds is 4. The number of likely N-dealkylation sites (tertiary alicyclic amines) is 1. The molecule has 2 aliphatic heterocycles. The highest BCUT2D eigenvalue weighted by molar-refractivity contribution is 6.46. The average molecular weight is 429 g/mol. The first-order valence-corrected chi connectivity index (χ1v) is 10.6. The van der Waals surface area contributed by atoms with Gasteiger partial charge >= 0.3 is 0 Å². The van der Waals surface area contributed by atoms with Crippen LogP contribution in [-0.2, 0) is 22.6 Å². The molecule has 1 N–H and O–H groups in total. The molecule has 1 fully saturated rings. The van der Waals surface area contributed by atoms with Gasteiger partial charge < -0.3 is 19.2 Å². The number of hydrogen-bond acceptors (Lipinski definition) is 5. The molecule has 1 amide bonds. The van der Waals surface area contributed by atoms with Gasteiger partial charge in [0.05, 0.1) is 5.57 Å². The van der Waals surface area contributed by atoms with Gasteiger partial charge in [-0.1, -0.05) is 30.3 Å². The van der Waals surface area contributed by atoms with Crippen molar-refractivity contribution in [3.05, 3.63) is 94.4 Å². The van der Waals surface area contributed by atoms with Crippen molar-refractivity contribution in [2.45, 2.75) is 39.0 Å². The Morgan fingerprint density at radius 3 is 2.59 bits per heavy atom. The van der Waals surface area contributed by atoms with Gasteiger partial charge in [0.1, 0.15) is 35.2 Å². The molecule has 2 atom stereocenters. The monoisotopic (exact) mass is 429 g/mol. The molecule has 0 spiro atoms. The van der Waals surface area contributed by atoms with Gasteiger partial charge in [-0.05, 0) is 55.3 Å². The molecule has 6 nitrogen and oxygen atoms in total. The number of benzene rings is 2. The number of ether oxygens (including phenoxy) is 1. The molecule has 3 heterocycles. The van der Waals surface area contributed by atoms with Crippen LogP contribution in [0.15, 0.2) is 70.7 Å². The standard InChI is InChI=1S/C26H23NO5/c1-15-8-10-21(31-15)23-22(24(28)18-9-11-20-19(13-18)12-16(2)32-20)25(29)26(30)27(23)14-17-6-4-3-5-7-17/h3-11,13,16,23,28H,12,14H2,1-2H3/b24-22+/t16-,23+/m0/s1. The molecule has 0 bridgehead atoms. The maximum Gasteiger partial charge on any atom is 0.296 e. The lowest BCUT2D eigenvalue weighted by molar-refractivity contribution is -0.140. The first-order valence-electron chi connectivity index (χ1n) is 10.6. The molecule has 0 radical (unpaired) electrons. The quantitative estimate of drug-likeness (QED) is 0.374. The maximum atomic E-state index is 13.1. The van der Waals surface area contributed by atoms with Crippen LogP contribution in [0.3, 0.4) is 0 Å². The van der Waals surface area contributed by atoms with Gasteiger partial charge in [-0.3, -0.25) is 9.59 Å². The average Bonchev–Trinajstić information content (AvgIpc) is 3.44. The van der Waals surface area contributed by atoms with Gasteiger partial charge in [-0.15, -0.1) is 0 Å². The van der Waals surface area contributed by atoms with Crippen molar-refractivity contribution in [2.24, 2.45) is 0 Å². The summed E-state index contributed by atoms with van der Waals surface area (Å²) >= 11 is 0. The van der Waals surface area contributed by atoms with Crippen LogP contribution in [0.1, 0.15) is 41.2 Å². The van der Waals surface area contributed by atoms with Crippen LogP contribution in [0.25, 0.3) is 5.76 Å². The number of hydrogen-bond donors (Lipinski definition) is 1. The lowest BCUT2D eigenvalue weighted by Gasteiger charge is -2.23. The Kier molecular flexibility index (Phi) is 4.85. The van der Waals surface area contributed by atoms with Crippen molar-refractivity contribution in [2.75, 3.05) is 0 Å². The normalized spacial score (nSPS) is 21.6. The summed E-state index contributed by atoms with van der Waals surface area (Å²) in [5.41, 5.74) is 2.36. The van der Waals surface area contributed by atoms with E-state index in [1.54, 1.807) is 31.2 Å². The fourth-order valence-electron chi connectivity index (χ4n) is 4.44. The molecule has 0 aliphatic carbocycles. The molecule has 32 heavy (non-hydrogen) atoms. The summed E-state index contributed by atoms with van der Waals surface area (Å²) in [6.07, 6.45) is 0.782. The molecule has 1 saturated heterocycles. The van der Waals surface area contributed by atoms with Crippen LogP contribution in [0.5, 0.6) is 5.75 Å². The summed E-state index contributed by atoms with van der Waals surface area (Å²) in [6.45, 7) is 4.00. The Balaban J connectivity index is 1.62. The molecule has 1 aromatic heterocycles. The van der Waals surface area contributed by atoms with E-state index in [1.807, 2.05) is 43.3 Å². The highest BCUT2D eigenvalue weighted by atomic mass is 16.5. The van der Waals surface area contributed by atoms with E-state index in [0.717, 1.165) is 23.3 Å². The Hall–Kier alpha value is -3.80. The Bertz CT molecular complexity index is 1240. The summed E-state index contributed by atoms with van der Waals surface area (Å²) in [5, 5.41) is 11.2. The van der Waals surface area contributed by atoms with Crippen molar-refractivity contribution >= 4 is 17.4 Å². The first kappa shape index (κ1) is 20.1. The minimum atomic E-state index is -0.813. The van der Waals surface area contributed by atoms with Gasteiger partial charge in [0.2, 0.25) is 0 Å². The van der Waals surface area contributed by atoms with Gasteiger partial charge in [0.25, 0.3) is 11.7 Å². The van der Waals surface area contributed by atoms with E-state index in [-0.39, 0.29) is 24.0 Å². The summed E-state index contributed by atoms with van der Waals surface area (Å²) in [4.78, 5) is 27.6. The lowest BCUT2D eigenvalue weighted by Crippen LogP contribution is -2.29. The minimum Gasteiger partial charge on any atom is -0.507 e. The Labute approximate surface area is 185 Å². The number of furan rings is 1. The zero-order valence-corrected chi connectivity index (χ0v) is 17.9. The number of aryl methyl sites for hydroxylation is 1. The number of fused-ring (bicyclic) bond motifs is 1. The van der Waals surface area contributed by atoms with Crippen molar-refractivity contribution < 1.29 is 23.8 Å². The number of aliphatic hydroxyl groups excluding tert-OH is 1. The summed E-state index contributed by atoms with van der Waals surface area (Å²) in [6, 6.07) is 17.5. The zero-order chi connectivity index (χ0) is 22.4. The second-order valence-corrected chi connectivity index (χ2v) is 8.32. The number of aliphatic hydroxyl groups is 1. The minimum absolute atomic E-state index is 0.0344. The molecule has 0 saturated carbocycles. The fourth-order valence-corrected chi connectivity index (χ4v) is 4.44. The number of ketones is 1. The van der Waals surface area contributed by atoms with Crippen molar-refractivity contribution in [3.8, 4) is 5.75 Å². The molecule has 162 valence electrons. The van der Waals surface area contributed by atoms with Crippen LogP contribution in [0, 0.1) is 6.92 Å². The molecule has 5 rings (SSSR count). The smallest absolute Gasteiger partial charge is 0.296 e. The van der Waals surface area contributed by atoms with Gasteiger partial charge in [-0.25, -0.2) is 0 Å². The van der Waals surface area contributed by atoms with E-state index in [1.165, 1.54) is 4.90 Å². The lowest BCUT2D eigenvalue weighted by atomic mass is 9.97. The van der Waals surface area contributed by atoms with Crippen LogP contribution in [0.4, 0.5) is 0 Å². The molecule has 3 aromatic rings. The van der Waals surface area contributed by atoms with Gasteiger partial charge in [-0.2, -0.15) is 0 Å². The van der Waals surface area contributed by atoms with Gasteiger partial charge in [0, 0.05) is 18.5 Å². The second kappa shape index (κ2) is 7.71. The third kappa shape index (κ3) is 3.38. The molecule has 2 aliphatic rings. The number of Topliss-reactive ketones (excluding diaryl/α,β-unsaturated/α-hetero) is 1. The summed E-state index contributed by atoms with van der Waals surface area (Å²) in [7, 11) is 0. The SMILES string of the molecule is Cc1ccc([C@@H]2/C(=C(\O)c3ccc4c(c3)C[C@H](C)O4)C(=O)C(=O)N2Cc2ccccc2)o1. The highest BCUT2D eigenvalue weighted by Crippen LogP contribution is 2.41. The fraction of sp³-hybridized carbons (Fsp3) is 0.231. The number of carbonyl (C=O) groups excluding carboxylic acids is 2. The van der Waals surface area contributed by atoms with E-state index < -0.39 is 17.7 Å². The van der Waals surface area contributed by atoms with Crippen LogP contribution < -0.4 is 4.74 Å². The second-order valence-electron chi connectivity index (χ2n) is 8.32. The predicted molar refractivity (Wildman–Crippen MR) is 118 cm³/mol. The van der Waals surface area contributed by atoms with E-state index >= 15 is 0 Å². The van der Waals surface area contributed by atoms with E-state index in [2.05, 4.69) is 0 Å². The van der Waals surface area contributed by atoms with E-state index in [0.29, 0.717) is 17.1 Å². The van der Waals surface area contributed by atoms with E-state index in [4.69, 9.17) is 9.15 Å². The topological polar surface area (TPSA) is 80.0 Å². The largest absolute Gasteiger partial charge is 0.507 e. The number of nitrogens with zero attached hydrogens (tertiary/aromatic N) is 1. The molecule has 6 heteroatoms. The van der Waals surface area contributed by atoms with Crippen molar-refractivity contribution in [1.82, 2.24) is 4.90 Å². The maximum absolute atomic E-state index is 13.1. The molecular weight excluding hydrogens is 406 g/mol. The number of amides is 1. The van der Waals surface area contributed by atoms with Crippen LogP contribution in [-0.4, -0.2) is 27.8 Å². The Morgan fingerprint density at radius 2 is 1.88 bits per heavy atom. The third-order valence-electron chi connectivity index (χ3n) is 5.94. The predicted octanol–water partition coefficient (Wildman–Crippen LogP) is 4.53.